The van der Waals surface area contributed by atoms with Crippen molar-refractivity contribution in [1.82, 2.24) is 4.57 Å². The van der Waals surface area contributed by atoms with Crippen LogP contribution < -0.4 is 0 Å². The van der Waals surface area contributed by atoms with Crippen LogP contribution in [-0.2, 0) is 18.3 Å². The van der Waals surface area contributed by atoms with Gasteiger partial charge in [0, 0.05) is 31.1 Å². The first-order chi connectivity index (χ1) is 9.49. The molecule has 6 nitrogen and oxygen atoms in total. The molecule has 0 aliphatic rings. The summed E-state index contributed by atoms with van der Waals surface area (Å²) in [5.41, 5.74) is 1.46. The molecule has 0 aliphatic heterocycles. The second-order valence-electron chi connectivity index (χ2n) is 4.56. The maximum Gasteiger partial charge on any atom is 0.312 e. The van der Waals surface area contributed by atoms with Gasteiger partial charge in [-0.05, 0) is 24.1 Å². The molecule has 0 fully saturated rings. The molecule has 1 unspecified atom stereocenters. The fourth-order valence-electron chi connectivity index (χ4n) is 2.14. The SMILES string of the molecule is Cn1cccc1C(Cc1ccc([N+](=O)[O-])cc1)C(=O)O. The second kappa shape index (κ2) is 5.56. The van der Waals surface area contributed by atoms with Gasteiger partial charge in [0.1, 0.15) is 5.92 Å². The molecule has 6 heteroatoms. The largest absolute Gasteiger partial charge is 0.481 e. The first-order valence-corrected chi connectivity index (χ1v) is 6.06. The Kier molecular flexibility index (Phi) is 3.84. The maximum atomic E-state index is 11.4. The van der Waals surface area contributed by atoms with E-state index in [0.717, 1.165) is 5.56 Å². The lowest BCUT2D eigenvalue weighted by atomic mass is 9.96. The molecule has 0 spiro atoms. The average Bonchev–Trinajstić information content (AvgIpc) is 2.82. The van der Waals surface area contributed by atoms with Gasteiger partial charge < -0.3 is 9.67 Å². The highest BCUT2D eigenvalue weighted by molar-refractivity contribution is 5.76. The monoisotopic (exact) mass is 274 g/mol. The number of carbonyl (C=O) groups is 1. The Bertz CT molecular complexity index is 631. The second-order valence-corrected chi connectivity index (χ2v) is 4.56. The number of hydrogen-bond donors (Lipinski definition) is 1. The summed E-state index contributed by atoms with van der Waals surface area (Å²) in [6, 6.07) is 9.53. The molecule has 2 aromatic rings. The molecule has 0 saturated heterocycles. The predicted octanol–water partition coefficient (Wildman–Crippen LogP) is 2.34. The third-order valence-corrected chi connectivity index (χ3v) is 3.23. The molecular weight excluding hydrogens is 260 g/mol. The minimum atomic E-state index is -0.912. The van der Waals surface area contributed by atoms with Crippen molar-refractivity contribution in [1.29, 1.82) is 0 Å². The Hall–Kier alpha value is -2.63. The third-order valence-electron chi connectivity index (χ3n) is 3.23. The van der Waals surface area contributed by atoms with E-state index in [-0.39, 0.29) is 5.69 Å². The van der Waals surface area contributed by atoms with Gasteiger partial charge in [0.15, 0.2) is 0 Å². The Morgan fingerprint density at radius 1 is 1.35 bits per heavy atom. The molecule has 1 aromatic heterocycles. The van der Waals surface area contributed by atoms with Gasteiger partial charge in [-0.25, -0.2) is 0 Å². The summed E-state index contributed by atoms with van der Waals surface area (Å²) in [4.78, 5) is 21.5. The molecule has 0 aliphatic carbocycles. The van der Waals surface area contributed by atoms with Crippen molar-refractivity contribution >= 4 is 11.7 Å². The van der Waals surface area contributed by atoms with Crippen LogP contribution in [0.5, 0.6) is 0 Å². The van der Waals surface area contributed by atoms with E-state index in [1.165, 1.54) is 12.1 Å². The summed E-state index contributed by atoms with van der Waals surface area (Å²) in [7, 11) is 1.79. The molecule has 0 amide bonds. The van der Waals surface area contributed by atoms with Crippen molar-refractivity contribution in [3.05, 3.63) is 64.0 Å². The van der Waals surface area contributed by atoms with E-state index in [1.54, 1.807) is 42.1 Å². The number of hydrogen-bond acceptors (Lipinski definition) is 3. The number of nitrogens with zero attached hydrogens (tertiary/aromatic N) is 2. The molecule has 1 heterocycles. The zero-order chi connectivity index (χ0) is 14.7. The zero-order valence-corrected chi connectivity index (χ0v) is 10.9. The van der Waals surface area contributed by atoms with Crippen molar-refractivity contribution in [3.63, 3.8) is 0 Å². The van der Waals surface area contributed by atoms with Gasteiger partial charge in [0.2, 0.25) is 0 Å². The van der Waals surface area contributed by atoms with Gasteiger partial charge in [-0.2, -0.15) is 0 Å². The van der Waals surface area contributed by atoms with Gasteiger partial charge >= 0.3 is 5.97 Å². The standard InChI is InChI=1S/C14H14N2O4/c1-15-8-2-3-13(15)12(14(17)18)9-10-4-6-11(7-5-10)16(19)20/h2-8,12H,9H2,1H3,(H,17,18). The van der Waals surface area contributed by atoms with Crippen LogP contribution in [0.25, 0.3) is 0 Å². The first-order valence-electron chi connectivity index (χ1n) is 6.06. The number of rotatable bonds is 5. The molecule has 0 saturated carbocycles. The fourth-order valence-corrected chi connectivity index (χ4v) is 2.14. The summed E-state index contributed by atoms with van der Waals surface area (Å²) in [5, 5.41) is 19.9. The van der Waals surface area contributed by atoms with Crippen LogP contribution >= 0.6 is 0 Å². The number of aliphatic carboxylic acids is 1. The number of nitro benzene ring substituents is 1. The number of aryl methyl sites for hydroxylation is 1. The van der Waals surface area contributed by atoms with Crippen molar-refractivity contribution in [2.75, 3.05) is 0 Å². The highest BCUT2D eigenvalue weighted by Crippen LogP contribution is 2.23. The Labute approximate surface area is 115 Å². The molecule has 0 radical (unpaired) electrons. The van der Waals surface area contributed by atoms with Crippen LogP contribution in [0.4, 0.5) is 5.69 Å². The summed E-state index contributed by atoms with van der Waals surface area (Å²) in [6.07, 6.45) is 2.09. The number of carboxylic acids is 1. The van der Waals surface area contributed by atoms with E-state index >= 15 is 0 Å². The molecule has 20 heavy (non-hydrogen) atoms. The topological polar surface area (TPSA) is 85.4 Å². The normalized spacial score (nSPS) is 12.1. The molecule has 2 rings (SSSR count). The zero-order valence-electron chi connectivity index (χ0n) is 10.9. The van der Waals surface area contributed by atoms with Crippen molar-refractivity contribution in [2.24, 2.45) is 7.05 Å². The highest BCUT2D eigenvalue weighted by atomic mass is 16.6. The summed E-state index contributed by atoms with van der Waals surface area (Å²) >= 11 is 0. The van der Waals surface area contributed by atoms with Gasteiger partial charge in [-0.3, -0.25) is 14.9 Å². The highest BCUT2D eigenvalue weighted by Gasteiger charge is 2.22. The van der Waals surface area contributed by atoms with Crippen LogP contribution in [0.3, 0.4) is 0 Å². The van der Waals surface area contributed by atoms with Crippen LogP contribution in [-0.4, -0.2) is 20.6 Å². The maximum absolute atomic E-state index is 11.4. The van der Waals surface area contributed by atoms with Gasteiger partial charge in [0.05, 0.1) is 4.92 Å². The van der Waals surface area contributed by atoms with Gasteiger partial charge in [0.25, 0.3) is 5.69 Å². The van der Waals surface area contributed by atoms with E-state index in [0.29, 0.717) is 12.1 Å². The number of non-ortho nitro benzene ring substituents is 1. The van der Waals surface area contributed by atoms with E-state index < -0.39 is 16.8 Å². The lowest BCUT2D eigenvalue weighted by Crippen LogP contribution is -2.17. The predicted molar refractivity (Wildman–Crippen MR) is 72.6 cm³/mol. The lowest BCUT2D eigenvalue weighted by molar-refractivity contribution is -0.384. The third kappa shape index (κ3) is 2.85. The van der Waals surface area contributed by atoms with Crippen molar-refractivity contribution < 1.29 is 14.8 Å². The van der Waals surface area contributed by atoms with E-state index in [4.69, 9.17) is 0 Å². The molecule has 0 bridgehead atoms. The summed E-state index contributed by atoms with van der Waals surface area (Å²) < 4.78 is 1.77. The van der Waals surface area contributed by atoms with Crippen LogP contribution in [0.15, 0.2) is 42.6 Å². The average molecular weight is 274 g/mol. The van der Waals surface area contributed by atoms with E-state index in [1.807, 2.05) is 0 Å². The van der Waals surface area contributed by atoms with Gasteiger partial charge in [-0.1, -0.05) is 12.1 Å². The molecule has 104 valence electrons. The minimum absolute atomic E-state index is 0.000471. The summed E-state index contributed by atoms with van der Waals surface area (Å²) in [5.74, 6) is -1.58. The molecule has 1 N–H and O–H groups in total. The summed E-state index contributed by atoms with van der Waals surface area (Å²) in [6.45, 7) is 0. The van der Waals surface area contributed by atoms with Crippen molar-refractivity contribution in [2.45, 2.75) is 12.3 Å². The van der Waals surface area contributed by atoms with Gasteiger partial charge in [-0.15, -0.1) is 0 Å². The fraction of sp³-hybridized carbons (Fsp3) is 0.214. The van der Waals surface area contributed by atoms with E-state index in [2.05, 4.69) is 0 Å². The molecule has 1 aromatic carbocycles. The number of benzene rings is 1. The number of nitro groups is 1. The first kappa shape index (κ1) is 13.8. The molecular formula is C14H14N2O4. The number of aromatic nitrogens is 1. The van der Waals surface area contributed by atoms with Crippen LogP contribution in [0.2, 0.25) is 0 Å². The van der Waals surface area contributed by atoms with Crippen LogP contribution in [0, 0.1) is 10.1 Å². The lowest BCUT2D eigenvalue weighted by Gasteiger charge is -2.13. The Morgan fingerprint density at radius 3 is 2.45 bits per heavy atom. The smallest absolute Gasteiger partial charge is 0.312 e. The van der Waals surface area contributed by atoms with Crippen molar-refractivity contribution in [3.8, 4) is 0 Å². The Balaban J connectivity index is 2.23. The number of carboxylic acid groups (broad SMARTS) is 1. The quantitative estimate of drug-likeness (QED) is 0.669. The Morgan fingerprint density at radius 2 is 2.00 bits per heavy atom. The minimum Gasteiger partial charge on any atom is -0.481 e. The molecule has 1 atom stereocenters. The van der Waals surface area contributed by atoms with E-state index in [9.17, 15) is 20.0 Å². The van der Waals surface area contributed by atoms with Crippen LogP contribution in [0.1, 0.15) is 17.2 Å².